The van der Waals surface area contributed by atoms with Crippen molar-refractivity contribution in [3.05, 3.63) is 61.9 Å². The second-order valence-electron chi connectivity index (χ2n) is 8.07. The highest BCUT2D eigenvalue weighted by Gasteiger charge is 2.35. The number of carboxylic acids is 1. The number of nitrogens with zero attached hydrogens (tertiary/aromatic N) is 1. The Morgan fingerprint density at radius 3 is 2.48 bits per heavy atom. The molecule has 0 aromatic heterocycles. The maximum atomic E-state index is 14.7. The van der Waals surface area contributed by atoms with Crippen LogP contribution in [0.3, 0.4) is 0 Å². The molecule has 31 heavy (non-hydrogen) atoms. The standard InChI is InChI=1S/C22H23Cl2FN2O4/c1-4-17-11-8-14(23)18(21(29)30)19(24)10(11)5-6-27(17)20(28)12-7-13(22(2,3)31)16(26)9-15(12)25/h7-9,17,31H,4-6,26H2,1-3H3,(H,29,30). The number of nitrogens with two attached hydrogens (primary N) is 1. The van der Waals surface area contributed by atoms with Crippen molar-refractivity contribution in [3.63, 3.8) is 0 Å². The zero-order chi connectivity index (χ0) is 23.2. The van der Waals surface area contributed by atoms with E-state index < -0.39 is 29.3 Å². The largest absolute Gasteiger partial charge is 0.478 e. The fourth-order valence-electron chi connectivity index (χ4n) is 4.10. The van der Waals surface area contributed by atoms with Gasteiger partial charge in [-0.1, -0.05) is 30.1 Å². The summed E-state index contributed by atoms with van der Waals surface area (Å²) >= 11 is 12.5. The lowest BCUT2D eigenvalue weighted by atomic mass is 9.88. The van der Waals surface area contributed by atoms with Gasteiger partial charge in [-0.15, -0.1) is 0 Å². The molecule has 166 valence electrons. The first-order valence-corrected chi connectivity index (χ1v) is 10.5. The molecule has 1 aliphatic rings. The van der Waals surface area contributed by atoms with Crippen LogP contribution in [-0.4, -0.2) is 33.5 Å². The summed E-state index contributed by atoms with van der Waals surface area (Å²) in [6, 6.07) is 3.35. The summed E-state index contributed by atoms with van der Waals surface area (Å²) in [5, 5.41) is 19.8. The van der Waals surface area contributed by atoms with E-state index in [2.05, 4.69) is 0 Å². The molecule has 2 aromatic rings. The molecule has 2 aromatic carbocycles. The average Bonchev–Trinajstić information content (AvgIpc) is 2.65. The van der Waals surface area contributed by atoms with E-state index >= 15 is 0 Å². The fourth-order valence-corrected chi connectivity index (χ4v) is 4.83. The maximum absolute atomic E-state index is 14.7. The van der Waals surface area contributed by atoms with E-state index in [1.807, 2.05) is 6.92 Å². The van der Waals surface area contributed by atoms with Crippen molar-refractivity contribution in [2.24, 2.45) is 0 Å². The SMILES string of the molecule is CCC1c2cc(Cl)c(C(=O)O)c(Cl)c2CCN1C(=O)c1cc(C(C)(C)O)c(N)cc1F. The third-order valence-corrected chi connectivity index (χ3v) is 6.30. The zero-order valence-electron chi connectivity index (χ0n) is 17.3. The molecule has 0 aliphatic carbocycles. The normalized spacial score (nSPS) is 16.2. The fraction of sp³-hybridized carbons (Fsp3) is 0.364. The van der Waals surface area contributed by atoms with Crippen LogP contribution in [0, 0.1) is 5.82 Å². The number of nitrogen functional groups attached to an aromatic ring is 1. The number of aromatic carboxylic acids is 1. The Balaban J connectivity index is 2.09. The highest BCUT2D eigenvalue weighted by molar-refractivity contribution is 6.40. The number of halogens is 3. The molecule has 9 heteroatoms. The molecule has 4 N–H and O–H groups in total. The van der Waals surface area contributed by atoms with Crippen LogP contribution >= 0.6 is 23.2 Å². The lowest BCUT2D eigenvalue weighted by molar-refractivity contribution is 0.0642. The minimum atomic E-state index is -1.36. The number of amides is 1. The van der Waals surface area contributed by atoms with Crippen LogP contribution in [0.2, 0.25) is 10.0 Å². The smallest absolute Gasteiger partial charge is 0.338 e. The number of benzene rings is 2. The van der Waals surface area contributed by atoms with Crippen LogP contribution in [0.4, 0.5) is 10.1 Å². The van der Waals surface area contributed by atoms with Crippen molar-refractivity contribution in [1.29, 1.82) is 0 Å². The van der Waals surface area contributed by atoms with Crippen molar-refractivity contribution >= 4 is 40.8 Å². The predicted octanol–water partition coefficient (Wildman–Crippen LogP) is 4.79. The highest BCUT2D eigenvalue weighted by atomic mass is 35.5. The van der Waals surface area contributed by atoms with Crippen molar-refractivity contribution in [3.8, 4) is 0 Å². The first-order chi connectivity index (χ1) is 14.4. The molecule has 1 atom stereocenters. The molecule has 0 saturated carbocycles. The van der Waals surface area contributed by atoms with E-state index in [9.17, 15) is 24.2 Å². The lowest BCUT2D eigenvalue weighted by Gasteiger charge is -2.38. The Morgan fingerprint density at radius 1 is 1.29 bits per heavy atom. The Labute approximate surface area is 189 Å². The highest BCUT2D eigenvalue weighted by Crippen LogP contribution is 2.41. The lowest BCUT2D eigenvalue weighted by Crippen LogP contribution is -2.40. The van der Waals surface area contributed by atoms with Crippen LogP contribution in [0.5, 0.6) is 0 Å². The minimum Gasteiger partial charge on any atom is -0.478 e. The summed E-state index contributed by atoms with van der Waals surface area (Å²) in [6.45, 7) is 5.07. The van der Waals surface area contributed by atoms with E-state index in [1.54, 1.807) is 0 Å². The van der Waals surface area contributed by atoms with E-state index in [0.29, 0.717) is 24.0 Å². The Bertz CT molecular complexity index is 1080. The summed E-state index contributed by atoms with van der Waals surface area (Å²) in [7, 11) is 0. The van der Waals surface area contributed by atoms with Crippen molar-refractivity contribution in [2.45, 2.75) is 45.3 Å². The molecular weight excluding hydrogens is 446 g/mol. The third kappa shape index (κ3) is 4.10. The van der Waals surface area contributed by atoms with Crippen LogP contribution in [-0.2, 0) is 12.0 Å². The summed E-state index contributed by atoms with van der Waals surface area (Å²) in [5.41, 5.74) is 5.67. The van der Waals surface area contributed by atoms with Crippen LogP contribution < -0.4 is 5.73 Å². The van der Waals surface area contributed by atoms with Gasteiger partial charge in [0.05, 0.1) is 32.8 Å². The number of carboxylic acid groups (broad SMARTS) is 1. The molecule has 3 rings (SSSR count). The van der Waals surface area contributed by atoms with Crippen LogP contribution in [0.1, 0.15) is 70.6 Å². The molecule has 0 bridgehead atoms. The van der Waals surface area contributed by atoms with Gasteiger partial charge in [0.1, 0.15) is 5.82 Å². The van der Waals surface area contributed by atoms with Gasteiger partial charge in [0, 0.05) is 17.8 Å². The van der Waals surface area contributed by atoms with E-state index in [1.165, 1.54) is 30.9 Å². The summed E-state index contributed by atoms with van der Waals surface area (Å²) in [6.07, 6.45) is 0.773. The summed E-state index contributed by atoms with van der Waals surface area (Å²) in [5.74, 6) is -2.57. The summed E-state index contributed by atoms with van der Waals surface area (Å²) in [4.78, 5) is 26.4. The average molecular weight is 469 g/mol. The molecule has 0 saturated heterocycles. The molecule has 6 nitrogen and oxygen atoms in total. The molecule has 1 unspecified atom stereocenters. The minimum absolute atomic E-state index is 0.0213. The predicted molar refractivity (Wildman–Crippen MR) is 117 cm³/mol. The first-order valence-electron chi connectivity index (χ1n) is 9.75. The van der Waals surface area contributed by atoms with Gasteiger partial charge in [-0.25, -0.2) is 9.18 Å². The molecule has 0 spiro atoms. The number of hydrogen-bond acceptors (Lipinski definition) is 4. The number of hydrogen-bond donors (Lipinski definition) is 3. The van der Waals surface area contributed by atoms with Crippen LogP contribution in [0.15, 0.2) is 18.2 Å². The molecule has 0 radical (unpaired) electrons. The van der Waals surface area contributed by atoms with Gasteiger partial charge in [-0.3, -0.25) is 4.79 Å². The molecule has 1 aliphatic heterocycles. The van der Waals surface area contributed by atoms with Crippen molar-refractivity contribution in [2.75, 3.05) is 12.3 Å². The Hall–Kier alpha value is -2.35. The van der Waals surface area contributed by atoms with E-state index in [0.717, 1.165) is 6.07 Å². The third-order valence-electron chi connectivity index (χ3n) is 5.58. The van der Waals surface area contributed by atoms with E-state index in [-0.39, 0.29) is 39.0 Å². The van der Waals surface area contributed by atoms with Crippen molar-refractivity contribution in [1.82, 2.24) is 4.90 Å². The van der Waals surface area contributed by atoms with Gasteiger partial charge < -0.3 is 20.8 Å². The van der Waals surface area contributed by atoms with Gasteiger partial charge in [0.2, 0.25) is 0 Å². The number of rotatable bonds is 4. The van der Waals surface area contributed by atoms with Gasteiger partial charge in [0.25, 0.3) is 5.91 Å². The van der Waals surface area contributed by atoms with E-state index in [4.69, 9.17) is 28.9 Å². The summed E-state index contributed by atoms with van der Waals surface area (Å²) < 4.78 is 14.7. The van der Waals surface area contributed by atoms with Gasteiger partial charge in [0.15, 0.2) is 0 Å². The van der Waals surface area contributed by atoms with Crippen molar-refractivity contribution < 1.29 is 24.2 Å². The number of aliphatic hydroxyl groups is 1. The zero-order valence-corrected chi connectivity index (χ0v) is 18.8. The van der Waals surface area contributed by atoms with Gasteiger partial charge in [-0.05, 0) is 56.0 Å². The first kappa shape index (κ1) is 23.3. The number of anilines is 1. The second-order valence-corrected chi connectivity index (χ2v) is 8.86. The quantitative estimate of drug-likeness (QED) is 0.559. The molecule has 0 fully saturated rings. The Kier molecular flexibility index (Phi) is 6.24. The molecular formula is C22H23Cl2FN2O4. The number of carbonyl (C=O) groups is 2. The van der Waals surface area contributed by atoms with Gasteiger partial charge in [-0.2, -0.15) is 0 Å². The number of fused-ring (bicyclic) bond motifs is 1. The molecule has 1 heterocycles. The van der Waals surface area contributed by atoms with Crippen LogP contribution in [0.25, 0.3) is 0 Å². The maximum Gasteiger partial charge on any atom is 0.338 e. The Morgan fingerprint density at radius 2 is 1.94 bits per heavy atom. The van der Waals surface area contributed by atoms with Gasteiger partial charge >= 0.3 is 5.97 Å². The second kappa shape index (κ2) is 8.30. The topological polar surface area (TPSA) is 104 Å². The monoisotopic (exact) mass is 468 g/mol. The number of carbonyl (C=O) groups excluding carboxylic acids is 1. The molecule has 1 amide bonds.